The first-order valence-electron chi connectivity index (χ1n) is 9.17. The number of nitrogens with one attached hydrogen (secondary N) is 1. The SMILES string of the molecule is CC(NC(=O)c1cccc(OCC(=O)N(C)C)c1)c1nc(-c2ccc(F)cc2)no1. The number of amides is 2. The minimum absolute atomic E-state index is 0.122. The Balaban J connectivity index is 1.64. The number of benzene rings is 2. The van der Waals surface area contributed by atoms with Gasteiger partial charge in [0.05, 0.1) is 0 Å². The maximum Gasteiger partial charge on any atom is 0.259 e. The number of likely N-dealkylation sites (N-methyl/N-ethyl adjacent to an activating group) is 1. The molecule has 156 valence electrons. The van der Waals surface area contributed by atoms with E-state index in [0.717, 1.165) is 0 Å². The average molecular weight is 412 g/mol. The molecule has 0 saturated heterocycles. The standard InChI is InChI=1S/C21H21FN4O4/c1-13(21-24-19(25-30-21)14-7-9-16(22)10-8-14)23-20(28)15-5-4-6-17(11-15)29-12-18(27)26(2)3/h4-11,13H,12H2,1-3H3,(H,23,28). The molecular weight excluding hydrogens is 391 g/mol. The number of halogens is 1. The van der Waals surface area contributed by atoms with Gasteiger partial charge in [-0.3, -0.25) is 9.59 Å². The molecule has 0 aliphatic rings. The molecule has 1 heterocycles. The lowest BCUT2D eigenvalue weighted by Gasteiger charge is -2.13. The van der Waals surface area contributed by atoms with Gasteiger partial charge in [-0.05, 0) is 49.4 Å². The average Bonchev–Trinajstić information content (AvgIpc) is 3.23. The summed E-state index contributed by atoms with van der Waals surface area (Å²) in [5.41, 5.74) is 0.956. The van der Waals surface area contributed by atoms with E-state index in [9.17, 15) is 14.0 Å². The molecule has 0 bridgehead atoms. The normalized spacial score (nSPS) is 11.6. The second-order valence-electron chi connectivity index (χ2n) is 6.76. The van der Waals surface area contributed by atoms with Gasteiger partial charge in [-0.2, -0.15) is 4.98 Å². The number of nitrogens with zero attached hydrogens (tertiary/aromatic N) is 3. The first kappa shape index (κ1) is 21.0. The fourth-order valence-electron chi connectivity index (χ4n) is 2.47. The molecule has 0 fully saturated rings. The van der Waals surface area contributed by atoms with E-state index in [0.29, 0.717) is 22.7 Å². The van der Waals surface area contributed by atoms with Crippen LogP contribution in [0.2, 0.25) is 0 Å². The molecule has 1 aromatic heterocycles. The predicted octanol–water partition coefficient (Wildman–Crippen LogP) is 2.83. The molecule has 1 atom stereocenters. The Morgan fingerprint density at radius 1 is 1.20 bits per heavy atom. The van der Waals surface area contributed by atoms with Gasteiger partial charge in [0.25, 0.3) is 11.8 Å². The zero-order valence-corrected chi connectivity index (χ0v) is 16.8. The molecule has 1 unspecified atom stereocenters. The molecule has 0 saturated carbocycles. The molecule has 2 amide bonds. The summed E-state index contributed by atoms with van der Waals surface area (Å²) in [4.78, 5) is 29.9. The quantitative estimate of drug-likeness (QED) is 0.641. The van der Waals surface area contributed by atoms with Gasteiger partial charge in [-0.25, -0.2) is 4.39 Å². The van der Waals surface area contributed by atoms with Gasteiger partial charge in [0.2, 0.25) is 11.7 Å². The summed E-state index contributed by atoms with van der Waals surface area (Å²) in [7, 11) is 3.27. The Morgan fingerprint density at radius 2 is 1.93 bits per heavy atom. The van der Waals surface area contributed by atoms with Crippen molar-refractivity contribution in [3.8, 4) is 17.1 Å². The van der Waals surface area contributed by atoms with E-state index in [1.165, 1.54) is 17.0 Å². The van der Waals surface area contributed by atoms with Crippen molar-refractivity contribution in [1.82, 2.24) is 20.4 Å². The molecule has 0 radical (unpaired) electrons. The van der Waals surface area contributed by atoms with Crippen LogP contribution in [0.15, 0.2) is 53.1 Å². The van der Waals surface area contributed by atoms with Gasteiger partial charge in [0, 0.05) is 25.2 Å². The highest BCUT2D eigenvalue weighted by molar-refractivity contribution is 5.94. The number of aromatic nitrogens is 2. The number of ether oxygens (including phenoxy) is 1. The smallest absolute Gasteiger partial charge is 0.259 e. The van der Waals surface area contributed by atoms with Crippen LogP contribution in [-0.4, -0.2) is 47.6 Å². The largest absolute Gasteiger partial charge is 0.484 e. The van der Waals surface area contributed by atoms with Crippen LogP contribution >= 0.6 is 0 Å². The highest BCUT2D eigenvalue weighted by Crippen LogP contribution is 2.20. The maximum atomic E-state index is 13.1. The van der Waals surface area contributed by atoms with E-state index in [2.05, 4.69) is 15.5 Å². The molecule has 3 aromatic rings. The van der Waals surface area contributed by atoms with Crippen molar-refractivity contribution in [2.75, 3.05) is 20.7 Å². The Labute approximate surface area is 172 Å². The van der Waals surface area contributed by atoms with Crippen molar-refractivity contribution in [2.45, 2.75) is 13.0 Å². The monoisotopic (exact) mass is 412 g/mol. The Morgan fingerprint density at radius 3 is 2.63 bits per heavy atom. The summed E-state index contributed by atoms with van der Waals surface area (Å²) in [5, 5.41) is 6.64. The third-order valence-electron chi connectivity index (χ3n) is 4.22. The molecule has 1 N–H and O–H groups in total. The van der Waals surface area contributed by atoms with Gasteiger partial charge >= 0.3 is 0 Å². The Bertz CT molecular complexity index is 1030. The second-order valence-corrected chi connectivity index (χ2v) is 6.76. The van der Waals surface area contributed by atoms with E-state index >= 15 is 0 Å². The third kappa shape index (κ3) is 5.19. The maximum absolute atomic E-state index is 13.1. The second kappa shape index (κ2) is 9.17. The van der Waals surface area contributed by atoms with Crippen LogP contribution in [0.5, 0.6) is 5.75 Å². The van der Waals surface area contributed by atoms with E-state index in [1.807, 2.05) is 0 Å². The number of hydrogen-bond acceptors (Lipinski definition) is 6. The first-order chi connectivity index (χ1) is 14.3. The summed E-state index contributed by atoms with van der Waals surface area (Å²) in [6, 6.07) is 11.6. The minimum atomic E-state index is -0.556. The van der Waals surface area contributed by atoms with Gasteiger partial charge in [0.1, 0.15) is 17.6 Å². The minimum Gasteiger partial charge on any atom is -0.484 e. The number of hydrogen-bond donors (Lipinski definition) is 1. The van der Waals surface area contributed by atoms with Gasteiger partial charge < -0.3 is 19.5 Å². The highest BCUT2D eigenvalue weighted by Gasteiger charge is 2.18. The lowest BCUT2D eigenvalue weighted by Crippen LogP contribution is -2.28. The first-order valence-corrected chi connectivity index (χ1v) is 9.17. The van der Waals surface area contributed by atoms with Crippen LogP contribution in [0.25, 0.3) is 11.4 Å². The summed E-state index contributed by atoms with van der Waals surface area (Å²) in [6.07, 6.45) is 0. The van der Waals surface area contributed by atoms with E-state index < -0.39 is 6.04 Å². The van der Waals surface area contributed by atoms with Crippen molar-refractivity contribution >= 4 is 11.8 Å². The Kier molecular flexibility index (Phi) is 6.41. The van der Waals surface area contributed by atoms with E-state index in [-0.39, 0.29) is 30.1 Å². The predicted molar refractivity (Wildman–Crippen MR) is 106 cm³/mol. The van der Waals surface area contributed by atoms with Crippen LogP contribution in [0.4, 0.5) is 4.39 Å². The Hall–Kier alpha value is -3.75. The zero-order valence-electron chi connectivity index (χ0n) is 16.8. The third-order valence-corrected chi connectivity index (χ3v) is 4.22. The summed E-state index contributed by atoms with van der Waals surface area (Å²) >= 11 is 0. The van der Waals surface area contributed by atoms with E-state index in [1.54, 1.807) is 57.4 Å². The molecule has 0 aliphatic carbocycles. The lowest BCUT2D eigenvalue weighted by molar-refractivity contribution is -0.130. The highest BCUT2D eigenvalue weighted by atomic mass is 19.1. The van der Waals surface area contributed by atoms with E-state index in [4.69, 9.17) is 9.26 Å². The van der Waals surface area contributed by atoms with Crippen molar-refractivity contribution < 1.29 is 23.2 Å². The van der Waals surface area contributed by atoms with Crippen molar-refractivity contribution in [2.24, 2.45) is 0 Å². The molecule has 8 nitrogen and oxygen atoms in total. The fourth-order valence-corrected chi connectivity index (χ4v) is 2.47. The molecule has 0 aliphatic heterocycles. The summed E-state index contributed by atoms with van der Waals surface area (Å²) in [6.45, 7) is 1.58. The molecular formula is C21H21FN4O4. The van der Waals surface area contributed by atoms with Crippen molar-refractivity contribution in [3.63, 3.8) is 0 Å². The summed E-state index contributed by atoms with van der Waals surface area (Å²) in [5.74, 6) is 0.00115. The van der Waals surface area contributed by atoms with Crippen LogP contribution in [0, 0.1) is 5.82 Å². The zero-order chi connectivity index (χ0) is 21.7. The van der Waals surface area contributed by atoms with Crippen LogP contribution in [0.1, 0.15) is 29.2 Å². The van der Waals surface area contributed by atoms with Gasteiger partial charge in [-0.1, -0.05) is 11.2 Å². The van der Waals surface area contributed by atoms with Gasteiger partial charge in [0.15, 0.2) is 6.61 Å². The topological polar surface area (TPSA) is 97.6 Å². The molecule has 3 rings (SSSR count). The fraction of sp³-hybridized carbons (Fsp3) is 0.238. The molecule has 9 heteroatoms. The number of carbonyl (C=O) groups excluding carboxylic acids is 2. The number of carbonyl (C=O) groups is 2. The van der Waals surface area contributed by atoms with Crippen LogP contribution < -0.4 is 10.1 Å². The lowest BCUT2D eigenvalue weighted by atomic mass is 10.2. The number of rotatable bonds is 7. The van der Waals surface area contributed by atoms with Crippen LogP contribution in [-0.2, 0) is 4.79 Å². The van der Waals surface area contributed by atoms with Gasteiger partial charge in [-0.15, -0.1) is 0 Å². The molecule has 0 spiro atoms. The van der Waals surface area contributed by atoms with Crippen molar-refractivity contribution in [1.29, 1.82) is 0 Å². The summed E-state index contributed by atoms with van der Waals surface area (Å²) < 4.78 is 23.7. The molecule has 30 heavy (non-hydrogen) atoms. The molecule has 2 aromatic carbocycles. The van der Waals surface area contributed by atoms with Crippen LogP contribution in [0.3, 0.4) is 0 Å². The van der Waals surface area contributed by atoms with Crippen molar-refractivity contribution in [3.05, 3.63) is 65.8 Å².